The van der Waals surface area contributed by atoms with Gasteiger partial charge in [0.05, 0.1) is 0 Å². The third kappa shape index (κ3) is 3.70. The predicted molar refractivity (Wildman–Crippen MR) is 75.0 cm³/mol. The fourth-order valence-electron chi connectivity index (χ4n) is 1.69. The van der Waals surface area contributed by atoms with E-state index in [-0.39, 0.29) is 6.04 Å². The summed E-state index contributed by atoms with van der Waals surface area (Å²) >= 11 is 5.98. The van der Waals surface area contributed by atoms with Crippen molar-refractivity contribution in [1.82, 2.24) is 9.97 Å². The monoisotopic (exact) mass is 261 g/mol. The van der Waals surface area contributed by atoms with Crippen LogP contribution in [0.15, 0.2) is 42.7 Å². The van der Waals surface area contributed by atoms with Crippen molar-refractivity contribution < 1.29 is 0 Å². The molecule has 1 N–H and O–H groups in total. The van der Waals surface area contributed by atoms with Crippen molar-refractivity contribution in [2.75, 3.05) is 11.2 Å². The second kappa shape index (κ2) is 6.36. The normalized spacial score (nSPS) is 12.1. The molecule has 18 heavy (non-hydrogen) atoms. The van der Waals surface area contributed by atoms with Crippen LogP contribution in [0.4, 0.5) is 5.95 Å². The van der Waals surface area contributed by atoms with Crippen molar-refractivity contribution in [2.45, 2.75) is 19.4 Å². The first kappa shape index (κ1) is 12.8. The third-order valence-corrected chi connectivity index (χ3v) is 3.00. The Morgan fingerprint density at radius 3 is 2.44 bits per heavy atom. The Kier molecular flexibility index (Phi) is 4.53. The van der Waals surface area contributed by atoms with Gasteiger partial charge in [-0.15, -0.1) is 11.6 Å². The molecule has 0 amide bonds. The van der Waals surface area contributed by atoms with Crippen molar-refractivity contribution in [3.05, 3.63) is 53.9 Å². The van der Waals surface area contributed by atoms with Gasteiger partial charge >= 0.3 is 0 Å². The zero-order valence-corrected chi connectivity index (χ0v) is 11.1. The Labute approximate surface area is 112 Å². The summed E-state index contributed by atoms with van der Waals surface area (Å²) in [6.45, 7) is 1.97. The molecule has 0 aliphatic carbocycles. The maximum Gasteiger partial charge on any atom is 0.222 e. The molecule has 94 valence electrons. The molecule has 0 fully saturated rings. The first-order valence-electron chi connectivity index (χ1n) is 5.93. The first-order valence-corrected chi connectivity index (χ1v) is 6.46. The quantitative estimate of drug-likeness (QED) is 0.841. The number of hydrogen-bond donors (Lipinski definition) is 1. The van der Waals surface area contributed by atoms with E-state index >= 15 is 0 Å². The van der Waals surface area contributed by atoms with Gasteiger partial charge in [-0.1, -0.05) is 30.3 Å². The zero-order chi connectivity index (χ0) is 12.8. The van der Waals surface area contributed by atoms with Crippen molar-refractivity contribution >= 4 is 17.5 Å². The SMILES string of the molecule is Cc1cnc(NC(CCl)Cc2ccccc2)nc1. The Morgan fingerprint density at radius 1 is 1.17 bits per heavy atom. The summed E-state index contributed by atoms with van der Waals surface area (Å²) in [5, 5.41) is 3.25. The minimum atomic E-state index is 0.136. The van der Waals surface area contributed by atoms with Crippen LogP contribution in [-0.4, -0.2) is 21.9 Å². The lowest BCUT2D eigenvalue weighted by Gasteiger charge is -2.15. The van der Waals surface area contributed by atoms with Crippen LogP contribution in [0.5, 0.6) is 0 Å². The summed E-state index contributed by atoms with van der Waals surface area (Å²) in [5.41, 5.74) is 2.30. The highest BCUT2D eigenvalue weighted by Gasteiger charge is 2.09. The van der Waals surface area contributed by atoms with Crippen molar-refractivity contribution in [1.29, 1.82) is 0 Å². The van der Waals surface area contributed by atoms with E-state index in [1.54, 1.807) is 12.4 Å². The Morgan fingerprint density at radius 2 is 1.83 bits per heavy atom. The van der Waals surface area contributed by atoms with Gasteiger partial charge in [-0.2, -0.15) is 0 Å². The number of alkyl halides is 1. The topological polar surface area (TPSA) is 37.8 Å². The van der Waals surface area contributed by atoms with E-state index in [4.69, 9.17) is 11.6 Å². The number of aryl methyl sites for hydroxylation is 1. The number of nitrogens with zero attached hydrogens (tertiary/aromatic N) is 2. The first-order chi connectivity index (χ1) is 8.78. The number of anilines is 1. The Bertz CT molecular complexity index is 470. The van der Waals surface area contributed by atoms with Crippen LogP contribution < -0.4 is 5.32 Å². The number of hydrogen-bond acceptors (Lipinski definition) is 3. The maximum absolute atomic E-state index is 5.98. The van der Waals surface area contributed by atoms with E-state index in [0.29, 0.717) is 11.8 Å². The van der Waals surface area contributed by atoms with Crippen molar-refractivity contribution in [2.24, 2.45) is 0 Å². The van der Waals surface area contributed by atoms with Crippen LogP contribution >= 0.6 is 11.6 Å². The average Bonchev–Trinajstić information content (AvgIpc) is 2.41. The summed E-state index contributed by atoms with van der Waals surface area (Å²) in [6, 6.07) is 10.4. The van der Waals surface area contributed by atoms with Gasteiger partial charge in [-0.05, 0) is 24.5 Å². The highest BCUT2D eigenvalue weighted by Crippen LogP contribution is 2.09. The summed E-state index contributed by atoms with van der Waals surface area (Å²) in [5.74, 6) is 1.15. The van der Waals surface area contributed by atoms with Crippen molar-refractivity contribution in [3.8, 4) is 0 Å². The molecule has 0 saturated heterocycles. The van der Waals surface area contributed by atoms with Crippen LogP contribution in [0.1, 0.15) is 11.1 Å². The molecule has 1 aromatic carbocycles. The molecular weight excluding hydrogens is 246 g/mol. The highest BCUT2D eigenvalue weighted by atomic mass is 35.5. The van der Waals surface area contributed by atoms with E-state index in [1.807, 2.05) is 25.1 Å². The molecule has 3 nitrogen and oxygen atoms in total. The summed E-state index contributed by atoms with van der Waals surface area (Å²) in [6.07, 6.45) is 4.45. The smallest absolute Gasteiger partial charge is 0.222 e. The number of halogens is 1. The largest absolute Gasteiger partial charge is 0.350 e. The van der Waals surface area contributed by atoms with Gasteiger partial charge < -0.3 is 5.32 Å². The number of aromatic nitrogens is 2. The highest BCUT2D eigenvalue weighted by molar-refractivity contribution is 6.18. The second-order valence-corrected chi connectivity index (χ2v) is 4.58. The van der Waals surface area contributed by atoms with Crippen LogP contribution in [0.3, 0.4) is 0 Å². The molecule has 0 spiro atoms. The minimum Gasteiger partial charge on any atom is -0.350 e. The van der Waals surface area contributed by atoms with E-state index in [9.17, 15) is 0 Å². The van der Waals surface area contributed by atoms with Gasteiger partial charge in [0.1, 0.15) is 0 Å². The lowest BCUT2D eigenvalue weighted by atomic mass is 10.1. The van der Waals surface area contributed by atoms with Crippen LogP contribution in [-0.2, 0) is 6.42 Å². The third-order valence-electron chi connectivity index (χ3n) is 2.63. The fraction of sp³-hybridized carbons (Fsp3) is 0.286. The zero-order valence-electron chi connectivity index (χ0n) is 10.3. The molecule has 1 unspecified atom stereocenters. The molecule has 1 atom stereocenters. The molecule has 0 aliphatic rings. The molecule has 1 aromatic heterocycles. The maximum atomic E-state index is 5.98. The molecule has 4 heteroatoms. The van der Waals surface area contributed by atoms with Gasteiger partial charge in [0.25, 0.3) is 0 Å². The Hall–Kier alpha value is -1.61. The van der Waals surface area contributed by atoms with Gasteiger partial charge in [0.2, 0.25) is 5.95 Å². The van der Waals surface area contributed by atoms with Gasteiger partial charge in [0.15, 0.2) is 0 Å². The molecule has 0 bridgehead atoms. The van der Waals surface area contributed by atoms with Crippen LogP contribution in [0.2, 0.25) is 0 Å². The molecular formula is C14H16ClN3. The predicted octanol–water partition coefficient (Wildman–Crippen LogP) is 3.05. The lowest BCUT2D eigenvalue weighted by Crippen LogP contribution is -2.25. The minimum absolute atomic E-state index is 0.136. The van der Waals surface area contributed by atoms with E-state index in [0.717, 1.165) is 12.0 Å². The molecule has 0 radical (unpaired) electrons. The van der Waals surface area contributed by atoms with Crippen molar-refractivity contribution in [3.63, 3.8) is 0 Å². The van der Waals surface area contributed by atoms with Gasteiger partial charge in [-0.25, -0.2) is 9.97 Å². The molecule has 1 heterocycles. The summed E-state index contributed by atoms with van der Waals surface area (Å²) in [4.78, 5) is 8.45. The van der Waals surface area contributed by atoms with Gasteiger partial charge in [0, 0.05) is 24.3 Å². The van der Waals surface area contributed by atoms with Crippen LogP contribution in [0, 0.1) is 6.92 Å². The van der Waals surface area contributed by atoms with E-state index in [2.05, 4.69) is 27.4 Å². The molecule has 0 aliphatic heterocycles. The number of benzene rings is 1. The number of rotatable bonds is 5. The van der Waals surface area contributed by atoms with Gasteiger partial charge in [-0.3, -0.25) is 0 Å². The fourth-order valence-corrected chi connectivity index (χ4v) is 1.88. The van der Waals surface area contributed by atoms with E-state index < -0.39 is 0 Å². The molecule has 0 saturated carbocycles. The van der Waals surface area contributed by atoms with E-state index in [1.165, 1.54) is 5.56 Å². The lowest BCUT2D eigenvalue weighted by molar-refractivity contribution is 0.783. The standard InChI is InChI=1S/C14H16ClN3/c1-11-9-16-14(17-10-11)18-13(8-15)7-12-5-3-2-4-6-12/h2-6,9-10,13H,7-8H2,1H3,(H,16,17,18). The summed E-state index contributed by atoms with van der Waals surface area (Å²) in [7, 11) is 0. The molecule has 2 aromatic rings. The molecule has 2 rings (SSSR count). The average molecular weight is 262 g/mol. The second-order valence-electron chi connectivity index (χ2n) is 4.27. The Balaban J connectivity index is 1.99. The van der Waals surface area contributed by atoms with Crippen LogP contribution in [0.25, 0.3) is 0 Å². The summed E-state index contributed by atoms with van der Waals surface area (Å²) < 4.78 is 0. The number of nitrogens with one attached hydrogen (secondary N) is 1.